The van der Waals surface area contributed by atoms with Gasteiger partial charge in [-0.15, -0.1) is 0 Å². The topological polar surface area (TPSA) is 45.8 Å². The zero-order valence-corrected chi connectivity index (χ0v) is 18.0. The zero-order valence-electron chi connectivity index (χ0n) is 18.0. The molecule has 5 heteroatoms. The molecule has 1 aliphatic carbocycles. The van der Waals surface area contributed by atoms with E-state index in [0.717, 1.165) is 46.1 Å². The largest absolute Gasteiger partial charge is 0.378 e. The minimum atomic E-state index is 0.269. The minimum absolute atomic E-state index is 0.269. The van der Waals surface area contributed by atoms with Crippen LogP contribution in [0.25, 0.3) is 0 Å². The smallest absolute Gasteiger partial charge is 0.0649 e. The Balaban J connectivity index is 0.000000159. The molecule has 0 aromatic heterocycles. The molecule has 5 nitrogen and oxygen atoms in total. The lowest BCUT2D eigenvalue weighted by Crippen LogP contribution is -2.59. The van der Waals surface area contributed by atoms with E-state index in [-0.39, 0.29) is 5.54 Å². The van der Waals surface area contributed by atoms with Gasteiger partial charge in [0.25, 0.3) is 0 Å². The molecule has 1 aromatic carbocycles. The second-order valence-electron chi connectivity index (χ2n) is 9.34. The lowest BCUT2D eigenvalue weighted by atomic mass is 9.82. The molecular formula is C24H39N3O2. The van der Waals surface area contributed by atoms with Crippen molar-refractivity contribution in [1.29, 1.82) is 0 Å². The number of hydrogen-bond acceptors (Lipinski definition) is 5. The van der Waals surface area contributed by atoms with Gasteiger partial charge in [0.2, 0.25) is 0 Å². The van der Waals surface area contributed by atoms with Gasteiger partial charge in [0.15, 0.2) is 0 Å². The average molecular weight is 402 g/mol. The van der Waals surface area contributed by atoms with Crippen LogP contribution in [0.4, 0.5) is 0 Å². The van der Waals surface area contributed by atoms with Crippen LogP contribution in [0.1, 0.15) is 50.5 Å². The first-order valence-electron chi connectivity index (χ1n) is 11.7. The Kier molecular flexibility index (Phi) is 7.60. The summed E-state index contributed by atoms with van der Waals surface area (Å²) in [5.41, 5.74) is 2.07. The van der Waals surface area contributed by atoms with E-state index in [9.17, 15) is 0 Å². The number of rotatable bonds is 2. The van der Waals surface area contributed by atoms with Crippen molar-refractivity contribution in [1.82, 2.24) is 15.5 Å². The molecule has 2 spiro atoms. The number of nitrogens with one attached hydrogen (secondary N) is 2. The minimum Gasteiger partial charge on any atom is -0.378 e. The highest BCUT2D eigenvalue weighted by Crippen LogP contribution is 2.29. The highest BCUT2D eigenvalue weighted by Gasteiger charge is 2.36. The predicted octanol–water partition coefficient (Wildman–Crippen LogP) is 2.95. The third kappa shape index (κ3) is 6.02. The summed E-state index contributed by atoms with van der Waals surface area (Å²) in [5.74, 6) is 0. The second-order valence-corrected chi connectivity index (χ2v) is 9.34. The summed E-state index contributed by atoms with van der Waals surface area (Å²) in [4.78, 5) is 2.55. The van der Waals surface area contributed by atoms with Gasteiger partial charge in [-0.1, -0.05) is 49.6 Å². The summed E-state index contributed by atoms with van der Waals surface area (Å²) >= 11 is 0. The van der Waals surface area contributed by atoms with Gasteiger partial charge in [0, 0.05) is 43.8 Å². The monoisotopic (exact) mass is 401 g/mol. The van der Waals surface area contributed by atoms with Crippen LogP contribution >= 0.6 is 0 Å². The van der Waals surface area contributed by atoms with Gasteiger partial charge in [-0.2, -0.15) is 0 Å². The van der Waals surface area contributed by atoms with Crippen molar-refractivity contribution in [3.05, 3.63) is 35.9 Å². The van der Waals surface area contributed by atoms with Gasteiger partial charge in [0.1, 0.15) is 0 Å². The molecule has 3 saturated heterocycles. The van der Waals surface area contributed by atoms with Gasteiger partial charge in [-0.05, 0) is 31.2 Å². The Hall–Kier alpha value is -0.980. The Morgan fingerprint density at radius 2 is 1.34 bits per heavy atom. The van der Waals surface area contributed by atoms with E-state index in [0.29, 0.717) is 5.54 Å². The van der Waals surface area contributed by atoms with Crippen LogP contribution in [0.3, 0.4) is 0 Å². The highest BCUT2D eigenvalue weighted by molar-refractivity contribution is 5.14. The summed E-state index contributed by atoms with van der Waals surface area (Å²) < 4.78 is 11.1. The molecule has 1 aromatic rings. The molecule has 0 atom stereocenters. The van der Waals surface area contributed by atoms with Crippen molar-refractivity contribution in [3.8, 4) is 0 Å². The number of hydrogen-bond donors (Lipinski definition) is 2. The SMILES string of the molecule is C1CCC2(CC1)COCCN2.c1ccc(CN2CCC3(CC2)COCCN3)cc1. The fraction of sp³-hybridized carbons (Fsp3) is 0.750. The summed E-state index contributed by atoms with van der Waals surface area (Å²) in [6.07, 6.45) is 9.26. The molecule has 3 heterocycles. The zero-order chi connectivity index (χ0) is 19.8. The molecule has 1 saturated carbocycles. The van der Waals surface area contributed by atoms with Crippen molar-refractivity contribution < 1.29 is 9.47 Å². The Labute approximate surface area is 176 Å². The quantitative estimate of drug-likeness (QED) is 0.798. The first-order valence-corrected chi connectivity index (χ1v) is 11.7. The number of piperidine rings is 1. The van der Waals surface area contributed by atoms with Crippen LogP contribution in [0.2, 0.25) is 0 Å². The van der Waals surface area contributed by atoms with Crippen LogP contribution in [-0.4, -0.2) is 68.6 Å². The second kappa shape index (κ2) is 10.4. The van der Waals surface area contributed by atoms with Gasteiger partial charge in [0.05, 0.1) is 26.4 Å². The molecular weight excluding hydrogens is 362 g/mol. The van der Waals surface area contributed by atoms with E-state index in [1.165, 1.54) is 63.6 Å². The van der Waals surface area contributed by atoms with E-state index in [1.807, 2.05) is 0 Å². The Morgan fingerprint density at radius 1 is 0.759 bits per heavy atom. The third-order valence-electron chi connectivity index (χ3n) is 7.12. The van der Waals surface area contributed by atoms with Crippen LogP contribution in [0.15, 0.2) is 30.3 Å². The van der Waals surface area contributed by atoms with Crippen LogP contribution < -0.4 is 10.6 Å². The molecule has 4 fully saturated rings. The lowest BCUT2D eigenvalue weighted by Gasteiger charge is -2.44. The summed E-state index contributed by atoms with van der Waals surface area (Å²) in [7, 11) is 0. The van der Waals surface area contributed by atoms with Crippen molar-refractivity contribution >= 4 is 0 Å². The van der Waals surface area contributed by atoms with E-state index in [2.05, 4.69) is 45.9 Å². The lowest BCUT2D eigenvalue weighted by molar-refractivity contribution is -0.00650. The first kappa shape index (κ1) is 21.3. The van der Waals surface area contributed by atoms with Gasteiger partial charge < -0.3 is 20.1 Å². The van der Waals surface area contributed by atoms with E-state index in [1.54, 1.807) is 0 Å². The maximum absolute atomic E-state index is 5.64. The number of likely N-dealkylation sites (tertiary alicyclic amines) is 1. The molecule has 0 amide bonds. The summed E-state index contributed by atoms with van der Waals surface area (Å²) in [6.45, 7) is 9.11. The standard InChI is InChI=1S/C15H22N2O.C9H17NO/c1-2-4-14(5-3-1)12-17-9-6-15(7-10-17)13-18-11-8-16-15;1-2-4-9(5-3-1)8-11-7-6-10-9/h1-5,16H,6-13H2;10H,1-8H2. The van der Waals surface area contributed by atoms with E-state index in [4.69, 9.17) is 9.47 Å². The number of morpholine rings is 2. The molecule has 29 heavy (non-hydrogen) atoms. The predicted molar refractivity (Wildman–Crippen MR) is 117 cm³/mol. The van der Waals surface area contributed by atoms with Crippen molar-refractivity contribution in [2.24, 2.45) is 0 Å². The third-order valence-corrected chi connectivity index (χ3v) is 7.12. The Morgan fingerprint density at radius 3 is 1.90 bits per heavy atom. The van der Waals surface area contributed by atoms with Gasteiger partial charge in [-0.25, -0.2) is 0 Å². The summed E-state index contributed by atoms with van der Waals surface area (Å²) in [6, 6.07) is 10.8. The van der Waals surface area contributed by atoms with Crippen molar-refractivity contribution in [2.45, 2.75) is 62.6 Å². The number of ether oxygens (including phenoxy) is 2. The van der Waals surface area contributed by atoms with Crippen LogP contribution in [0, 0.1) is 0 Å². The Bertz CT molecular complexity index is 562. The van der Waals surface area contributed by atoms with Crippen LogP contribution in [0.5, 0.6) is 0 Å². The van der Waals surface area contributed by atoms with Gasteiger partial charge in [-0.3, -0.25) is 4.90 Å². The fourth-order valence-corrected chi connectivity index (χ4v) is 5.27. The maximum atomic E-state index is 5.64. The van der Waals surface area contributed by atoms with Crippen molar-refractivity contribution in [3.63, 3.8) is 0 Å². The molecule has 0 radical (unpaired) electrons. The van der Waals surface area contributed by atoms with E-state index >= 15 is 0 Å². The van der Waals surface area contributed by atoms with Crippen molar-refractivity contribution in [2.75, 3.05) is 52.6 Å². The molecule has 162 valence electrons. The first-order chi connectivity index (χ1) is 14.3. The molecule has 3 aliphatic heterocycles. The number of nitrogens with zero attached hydrogens (tertiary/aromatic N) is 1. The van der Waals surface area contributed by atoms with Crippen LogP contribution in [-0.2, 0) is 16.0 Å². The molecule has 0 bridgehead atoms. The average Bonchev–Trinajstić information content (AvgIpc) is 2.79. The summed E-state index contributed by atoms with van der Waals surface area (Å²) in [5, 5.41) is 7.28. The maximum Gasteiger partial charge on any atom is 0.0649 e. The molecule has 4 aliphatic rings. The molecule has 2 N–H and O–H groups in total. The highest BCUT2D eigenvalue weighted by atomic mass is 16.5. The molecule has 5 rings (SSSR count). The number of benzene rings is 1. The van der Waals surface area contributed by atoms with Gasteiger partial charge >= 0.3 is 0 Å². The fourth-order valence-electron chi connectivity index (χ4n) is 5.27. The normalized spacial score (nSPS) is 26.6. The molecule has 0 unspecified atom stereocenters. The van der Waals surface area contributed by atoms with E-state index < -0.39 is 0 Å².